The summed E-state index contributed by atoms with van der Waals surface area (Å²) in [6.45, 7) is 0. The second kappa shape index (κ2) is 5.26. The molecule has 0 amide bonds. The Balaban J connectivity index is 2.40. The Morgan fingerprint density at radius 3 is 2.35 bits per heavy atom. The SMILES string of the molecule is Nc1cc(S(=O)(=O)Nc2cc(Cl)ccc2F)ccc1F. The number of anilines is 2. The molecule has 0 radical (unpaired) electrons. The van der Waals surface area contributed by atoms with Crippen LogP contribution in [0.3, 0.4) is 0 Å². The monoisotopic (exact) mass is 318 g/mol. The minimum atomic E-state index is -4.09. The topological polar surface area (TPSA) is 72.2 Å². The van der Waals surface area contributed by atoms with Crippen LogP contribution in [0.1, 0.15) is 0 Å². The average Bonchev–Trinajstić information content (AvgIpc) is 2.36. The molecule has 0 heterocycles. The minimum Gasteiger partial charge on any atom is -0.396 e. The Kier molecular flexibility index (Phi) is 3.82. The van der Waals surface area contributed by atoms with Crippen molar-refractivity contribution in [3.8, 4) is 0 Å². The molecular weight excluding hydrogens is 310 g/mol. The van der Waals surface area contributed by atoms with Crippen molar-refractivity contribution in [2.45, 2.75) is 4.90 Å². The summed E-state index contributed by atoms with van der Waals surface area (Å²) in [7, 11) is -4.09. The first kappa shape index (κ1) is 14.5. The smallest absolute Gasteiger partial charge is 0.262 e. The molecule has 0 aliphatic carbocycles. The molecular formula is C12H9ClF2N2O2S. The summed E-state index contributed by atoms with van der Waals surface area (Å²) in [4.78, 5) is -0.282. The van der Waals surface area contributed by atoms with E-state index in [2.05, 4.69) is 0 Å². The van der Waals surface area contributed by atoms with Crippen molar-refractivity contribution in [3.63, 3.8) is 0 Å². The highest BCUT2D eigenvalue weighted by Crippen LogP contribution is 2.24. The Bertz CT molecular complexity index is 766. The quantitative estimate of drug-likeness (QED) is 0.854. The van der Waals surface area contributed by atoms with Crippen LogP contribution in [0.2, 0.25) is 5.02 Å². The van der Waals surface area contributed by atoms with E-state index in [0.29, 0.717) is 0 Å². The van der Waals surface area contributed by atoms with Gasteiger partial charge in [-0.2, -0.15) is 0 Å². The zero-order valence-corrected chi connectivity index (χ0v) is 11.5. The molecule has 4 nitrogen and oxygen atoms in total. The molecule has 0 saturated carbocycles. The zero-order chi connectivity index (χ0) is 14.9. The molecule has 2 aromatic rings. The Labute approximate surface area is 119 Å². The molecule has 0 saturated heterocycles. The van der Waals surface area contributed by atoms with E-state index in [-0.39, 0.29) is 21.3 Å². The molecule has 0 fully saturated rings. The summed E-state index contributed by atoms with van der Waals surface area (Å²) in [5.74, 6) is -1.52. The zero-order valence-electron chi connectivity index (χ0n) is 9.90. The molecule has 0 aliphatic rings. The van der Waals surface area contributed by atoms with Crippen molar-refractivity contribution in [3.05, 3.63) is 53.1 Å². The first-order chi connectivity index (χ1) is 9.29. The van der Waals surface area contributed by atoms with Crippen LogP contribution in [0.4, 0.5) is 20.2 Å². The van der Waals surface area contributed by atoms with Gasteiger partial charge < -0.3 is 5.73 Å². The highest BCUT2D eigenvalue weighted by atomic mass is 35.5. The third kappa shape index (κ3) is 3.00. The predicted molar refractivity (Wildman–Crippen MR) is 73.0 cm³/mol. The predicted octanol–water partition coefficient (Wildman–Crippen LogP) is 3.00. The molecule has 0 aliphatic heterocycles. The maximum atomic E-state index is 13.5. The van der Waals surface area contributed by atoms with Gasteiger partial charge in [0.2, 0.25) is 0 Å². The van der Waals surface area contributed by atoms with E-state index in [9.17, 15) is 17.2 Å². The third-order valence-electron chi connectivity index (χ3n) is 2.45. The largest absolute Gasteiger partial charge is 0.396 e. The van der Waals surface area contributed by atoms with Gasteiger partial charge in [0.1, 0.15) is 11.6 Å². The van der Waals surface area contributed by atoms with Gasteiger partial charge in [0.05, 0.1) is 16.3 Å². The number of rotatable bonds is 3. The van der Waals surface area contributed by atoms with Gasteiger partial charge in [-0.3, -0.25) is 4.72 Å². The summed E-state index contributed by atoms with van der Waals surface area (Å²) in [6.07, 6.45) is 0. The lowest BCUT2D eigenvalue weighted by Gasteiger charge is -2.10. The molecule has 2 aromatic carbocycles. The van der Waals surface area contributed by atoms with Gasteiger partial charge >= 0.3 is 0 Å². The number of sulfonamides is 1. The van der Waals surface area contributed by atoms with Crippen molar-refractivity contribution in [1.82, 2.24) is 0 Å². The van der Waals surface area contributed by atoms with E-state index in [1.807, 2.05) is 4.72 Å². The van der Waals surface area contributed by atoms with Gasteiger partial charge in [-0.15, -0.1) is 0 Å². The lowest BCUT2D eigenvalue weighted by Crippen LogP contribution is -2.14. The van der Waals surface area contributed by atoms with E-state index in [0.717, 1.165) is 30.3 Å². The molecule has 0 atom stereocenters. The molecule has 3 N–H and O–H groups in total. The standard InChI is InChI=1S/C12H9ClF2N2O2S/c13-7-1-3-10(15)12(5-7)17-20(18,19)8-2-4-9(14)11(16)6-8/h1-6,17H,16H2. The lowest BCUT2D eigenvalue weighted by molar-refractivity contribution is 0.597. The molecule has 106 valence electrons. The second-order valence-electron chi connectivity index (χ2n) is 3.91. The van der Waals surface area contributed by atoms with Crippen molar-refractivity contribution < 1.29 is 17.2 Å². The van der Waals surface area contributed by atoms with Crippen molar-refractivity contribution >= 4 is 33.0 Å². The minimum absolute atomic E-state index is 0.169. The van der Waals surface area contributed by atoms with Gasteiger partial charge in [-0.05, 0) is 36.4 Å². The Morgan fingerprint density at radius 1 is 1.05 bits per heavy atom. The van der Waals surface area contributed by atoms with Gasteiger partial charge in [-0.1, -0.05) is 11.6 Å². The normalized spacial score (nSPS) is 11.3. The van der Waals surface area contributed by atoms with Crippen LogP contribution >= 0.6 is 11.6 Å². The van der Waals surface area contributed by atoms with E-state index >= 15 is 0 Å². The fraction of sp³-hybridized carbons (Fsp3) is 0. The van der Waals surface area contributed by atoms with E-state index < -0.39 is 21.7 Å². The highest BCUT2D eigenvalue weighted by molar-refractivity contribution is 7.92. The van der Waals surface area contributed by atoms with Crippen molar-refractivity contribution in [2.24, 2.45) is 0 Å². The van der Waals surface area contributed by atoms with E-state index in [1.54, 1.807) is 0 Å². The van der Waals surface area contributed by atoms with E-state index in [1.165, 1.54) is 6.07 Å². The average molecular weight is 319 g/mol. The summed E-state index contributed by atoms with van der Waals surface area (Å²) in [5, 5.41) is 0.169. The molecule has 8 heteroatoms. The number of hydrogen-bond donors (Lipinski definition) is 2. The number of nitrogens with one attached hydrogen (secondary N) is 1. The van der Waals surface area contributed by atoms with Gasteiger partial charge in [0.25, 0.3) is 10.0 Å². The highest BCUT2D eigenvalue weighted by Gasteiger charge is 2.17. The fourth-order valence-corrected chi connectivity index (χ4v) is 2.73. The summed E-state index contributed by atoms with van der Waals surface area (Å²) >= 11 is 5.67. The number of benzene rings is 2. The van der Waals surface area contributed by atoms with Crippen LogP contribution < -0.4 is 10.5 Å². The Hall–Kier alpha value is -1.86. The molecule has 0 aromatic heterocycles. The number of halogens is 3. The molecule has 2 rings (SSSR count). The maximum absolute atomic E-state index is 13.5. The van der Waals surface area contributed by atoms with Crippen molar-refractivity contribution in [1.29, 1.82) is 0 Å². The first-order valence-electron chi connectivity index (χ1n) is 5.32. The molecule has 0 bridgehead atoms. The summed E-state index contributed by atoms with van der Waals surface area (Å²) in [6, 6.07) is 6.32. The Morgan fingerprint density at radius 2 is 1.70 bits per heavy atom. The van der Waals surface area contributed by atoms with E-state index in [4.69, 9.17) is 17.3 Å². The molecule has 0 spiro atoms. The van der Waals surface area contributed by atoms with Crippen molar-refractivity contribution in [2.75, 3.05) is 10.5 Å². The number of nitrogen functional groups attached to an aromatic ring is 1. The van der Waals surface area contributed by atoms with Gasteiger partial charge in [-0.25, -0.2) is 17.2 Å². The van der Waals surface area contributed by atoms with Crippen LogP contribution in [-0.2, 0) is 10.0 Å². The molecule has 0 unspecified atom stereocenters. The molecule has 20 heavy (non-hydrogen) atoms. The summed E-state index contributed by atoms with van der Waals surface area (Å²) in [5.41, 5.74) is 4.68. The second-order valence-corrected chi connectivity index (χ2v) is 6.03. The van der Waals surface area contributed by atoms with Crippen LogP contribution in [0.25, 0.3) is 0 Å². The van der Waals surface area contributed by atoms with Crippen LogP contribution in [0.15, 0.2) is 41.3 Å². The van der Waals surface area contributed by atoms with Gasteiger partial charge in [0, 0.05) is 5.02 Å². The van der Waals surface area contributed by atoms with Crippen LogP contribution in [0.5, 0.6) is 0 Å². The number of nitrogens with two attached hydrogens (primary N) is 1. The first-order valence-corrected chi connectivity index (χ1v) is 7.18. The lowest BCUT2D eigenvalue weighted by atomic mass is 10.3. The maximum Gasteiger partial charge on any atom is 0.262 e. The van der Waals surface area contributed by atoms with Crippen LogP contribution in [-0.4, -0.2) is 8.42 Å². The van der Waals surface area contributed by atoms with Crippen LogP contribution in [0, 0.1) is 11.6 Å². The third-order valence-corrected chi connectivity index (χ3v) is 4.05. The fourth-order valence-electron chi connectivity index (χ4n) is 1.47. The van der Waals surface area contributed by atoms with Gasteiger partial charge in [0.15, 0.2) is 0 Å². The summed E-state index contributed by atoms with van der Waals surface area (Å²) < 4.78 is 52.6. The number of hydrogen-bond acceptors (Lipinski definition) is 3.